The molecule has 2 nitrogen and oxygen atoms in total. The van der Waals surface area contributed by atoms with Gasteiger partial charge >= 0.3 is 0 Å². The second-order valence-electron chi connectivity index (χ2n) is 8.13. The van der Waals surface area contributed by atoms with Crippen molar-refractivity contribution in [1.82, 2.24) is 0 Å². The van der Waals surface area contributed by atoms with E-state index in [-0.39, 0.29) is 11.6 Å². The van der Waals surface area contributed by atoms with Gasteiger partial charge < -0.3 is 9.47 Å². The van der Waals surface area contributed by atoms with Crippen LogP contribution in [0.15, 0.2) is 24.3 Å². The fourth-order valence-corrected chi connectivity index (χ4v) is 4.06. The molecule has 0 aliphatic heterocycles. The molecule has 0 aromatic heterocycles. The number of hydrogen-bond acceptors (Lipinski definition) is 2. The van der Waals surface area contributed by atoms with Gasteiger partial charge in [-0.05, 0) is 60.1 Å². The van der Waals surface area contributed by atoms with E-state index >= 15 is 4.39 Å². The van der Waals surface area contributed by atoms with Crippen molar-refractivity contribution in [2.45, 2.75) is 78.1 Å². The van der Waals surface area contributed by atoms with E-state index in [0.717, 1.165) is 36.8 Å². The highest BCUT2D eigenvalue weighted by Gasteiger charge is 2.25. The fourth-order valence-electron chi connectivity index (χ4n) is 4.06. The molecule has 0 saturated heterocycles. The summed E-state index contributed by atoms with van der Waals surface area (Å²) in [5, 5.41) is 0. The van der Waals surface area contributed by atoms with Gasteiger partial charge in [0.05, 0.1) is 13.2 Å². The van der Waals surface area contributed by atoms with Gasteiger partial charge in [0.2, 0.25) is 0 Å². The molecule has 0 spiro atoms. The number of rotatable bonds is 12. The molecule has 0 unspecified atom stereocenters. The maximum absolute atomic E-state index is 15.1. The number of halogens is 2. The van der Waals surface area contributed by atoms with Crippen LogP contribution in [0.2, 0.25) is 0 Å². The van der Waals surface area contributed by atoms with Crippen LogP contribution in [0.25, 0.3) is 11.1 Å². The topological polar surface area (TPSA) is 18.5 Å². The molecule has 0 radical (unpaired) electrons. The summed E-state index contributed by atoms with van der Waals surface area (Å²) in [5.41, 5.74) is 2.77. The molecule has 164 valence electrons. The third-order valence-electron chi connectivity index (χ3n) is 5.84. The van der Waals surface area contributed by atoms with Gasteiger partial charge in [0.15, 0.2) is 23.1 Å². The van der Waals surface area contributed by atoms with Gasteiger partial charge in [0, 0.05) is 0 Å². The Morgan fingerprint density at radius 3 is 1.63 bits per heavy atom. The molecule has 1 aliphatic carbocycles. The summed E-state index contributed by atoms with van der Waals surface area (Å²) < 4.78 is 41.3. The Morgan fingerprint density at radius 2 is 1.10 bits per heavy atom. The van der Waals surface area contributed by atoms with Gasteiger partial charge in [-0.3, -0.25) is 0 Å². The van der Waals surface area contributed by atoms with Gasteiger partial charge in [0.1, 0.15) is 0 Å². The summed E-state index contributed by atoms with van der Waals surface area (Å²) in [7, 11) is 0. The molecule has 0 atom stereocenters. The van der Waals surface area contributed by atoms with E-state index in [1.54, 1.807) is 12.1 Å². The zero-order valence-electron chi connectivity index (χ0n) is 18.4. The van der Waals surface area contributed by atoms with E-state index in [4.69, 9.17) is 9.47 Å². The van der Waals surface area contributed by atoms with E-state index < -0.39 is 0 Å². The van der Waals surface area contributed by atoms with Gasteiger partial charge in [-0.1, -0.05) is 64.5 Å². The predicted molar refractivity (Wildman–Crippen MR) is 118 cm³/mol. The lowest BCUT2D eigenvalue weighted by molar-refractivity contribution is 0.288. The van der Waals surface area contributed by atoms with Crippen molar-refractivity contribution in [2.24, 2.45) is 0 Å². The SMILES string of the molecule is CCCCCCCCOc1ccc2c(c1F)CCc1c-2ccc(OCCCC)c1F. The largest absolute Gasteiger partial charge is 0.491 e. The summed E-state index contributed by atoms with van der Waals surface area (Å²) in [6.45, 7) is 5.32. The molecule has 0 bridgehead atoms. The Kier molecular flexibility index (Phi) is 8.53. The highest BCUT2D eigenvalue weighted by Crippen LogP contribution is 2.40. The molecular weight excluding hydrogens is 382 g/mol. The minimum atomic E-state index is -0.307. The van der Waals surface area contributed by atoms with Crippen molar-refractivity contribution in [3.63, 3.8) is 0 Å². The van der Waals surface area contributed by atoms with E-state index in [1.807, 2.05) is 12.1 Å². The summed E-state index contributed by atoms with van der Waals surface area (Å²) in [6.07, 6.45) is 9.85. The molecule has 0 N–H and O–H groups in total. The first-order chi connectivity index (χ1) is 14.7. The molecule has 0 fully saturated rings. The average Bonchev–Trinajstić information content (AvgIpc) is 2.76. The number of fused-ring (bicyclic) bond motifs is 3. The molecular formula is C26H34F2O2. The molecule has 3 rings (SSSR count). The van der Waals surface area contributed by atoms with Crippen LogP contribution in [0.5, 0.6) is 11.5 Å². The Morgan fingerprint density at radius 1 is 0.633 bits per heavy atom. The highest BCUT2D eigenvalue weighted by atomic mass is 19.1. The molecule has 0 saturated carbocycles. The van der Waals surface area contributed by atoms with Gasteiger partial charge in [0.25, 0.3) is 0 Å². The van der Waals surface area contributed by atoms with Crippen molar-refractivity contribution in [3.8, 4) is 22.6 Å². The maximum atomic E-state index is 15.1. The van der Waals surface area contributed by atoms with E-state index in [2.05, 4.69) is 13.8 Å². The third-order valence-corrected chi connectivity index (χ3v) is 5.84. The van der Waals surface area contributed by atoms with Crippen molar-refractivity contribution >= 4 is 0 Å². The Bertz CT molecular complexity index is 832. The number of benzene rings is 2. The molecule has 2 aromatic carbocycles. The maximum Gasteiger partial charge on any atom is 0.168 e. The summed E-state index contributed by atoms with van der Waals surface area (Å²) in [6, 6.07) is 7.07. The Balaban J connectivity index is 1.67. The third kappa shape index (κ3) is 5.33. The fraction of sp³-hybridized carbons (Fsp3) is 0.538. The minimum absolute atomic E-state index is 0.296. The second kappa shape index (κ2) is 11.3. The van der Waals surface area contributed by atoms with Crippen molar-refractivity contribution in [3.05, 3.63) is 47.0 Å². The normalized spacial score (nSPS) is 12.4. The lowest BCUT2D eigenvalue weighted by Crippen LogP contribution is -2.11. The molecule has 2 aromatic rings. The predicted octanol–water partition coefficient (Wildman–Crippen LogP) is 7.65. The first-order valence-corrected chi connectivity index (χ1v) is 11.6. The Hall–Kier alpha value is -2.10. The molecule has 30 heavy (non-hydrogen) atoms. The van der Waals surface area contributed by atoms with Crippen LogP contribution in [0.3, 0.4) is 0 Å². The van der Waals surface area contributed by atoms with E-state index in [1.165, 1.54) is 25.7 Å². The smallest absolute Gasteiger partial charge is 0.168 e. The number of unbranched alkanes of at least 4 members (excludes halogenated alkanes) is 6. The second-order valence-corrected chi connectivity index (χ2v) is 8.13. The molecule has 0 amide bonds. The summed E-state index contributed by atoms with van der Waals surface area (Å²) in [5.74, 6) is 0.00151. The molecule has 4 heteroatoms. The first kappa shape index (κ1) is 22.6. The van der Waals surface area contributed by atoms with Crippen molar-refractivity contribution < 1.29 is 18.3 Å². The van der Waals surface area contributed by atoms with Crippen LogP contribution >= 0.6 is 0 Å². The quantitative estimate of drug-likeness (QED) is 0.331. The van der Waals surface area contributed by atoms with Crippen molar-refractivity contribution in [2.75, 3.05) is 13.2 Å². The number of hydrogen-bond donors (Lipinski definition) is 0. The number of ether oxygens (including phenoxy) is 2. The van der Waals surface area contributed by atoms with Crippen LogP contribution in [0.1, 0.15) is 76.3 Å². The Labute approximate surface area is 179 Å². The zero-order valence-corrected chi connectivity index (χ0v) is 18.4. The van der Waals surface area contributed by atoms with Crippen LogP contribution in [-0.4, -0.2) is 13.2 Å². The monoisotopic (exact) mass is 416 g/mol. The lowest BCUT2D eigenvalue weighted by atomic mass is 9.84. The van der Waals surface area contributed by atoms with Crippen molar-refractivity contribution in [1.29, 1.82) is 0 Å². The summed E-state index contributed by atoms with van der Waals surface area (Å²) in [4.78, 5) is 0. The van der Waals surface area contributed by atoms with Gasteiger partial charge in [-0.15, -0.1) is 0 Å². The van der Waals surface area contributed by atoms with Gasteiger partial charge in [-0.25, -0.2) is 8.78 Å². The standard InChI is InChI=1S/C26H34F2O2/c1-3-5-7-8-9-10-18-30-24-16-14-20-19-13-15-23(29-17-6-4-2)25(27)21(19)11-12-22(20)26(24)28/h13-16H,3-12,17-18H2,1-2H3. The van der Waals surface area contributed by atoms with Crippen LogP contribution in [-0.2, 0) is 12.8 Å². The highest BCUT2D eigenvalue weighted by molar-refractivity contribution is 5.75. The summed E-state index contributed by atoms with van der Waals surface area (Å²) >= 11 is 0. The zero-order chi connectivity index (χ0) is 21.3. The molecule has 0 heterocycles. The van der Waals surface area contributed by atoms with Crippen LogP contribution < -0.4 is 9.47 Å². The van der Waals surface area contributed by atoms with Crippen LogP contribution in [0, 0.1) is 11.6 Å². The molecule has 1 aliphatic rings. The van der Waals surface area contributed by atoms with E-state index in [0.29, 0.717) is 48.7 Å². The van der Waals surface area contributed by atoms with Gasteiger partial charge in [-0.2, -0.15) is 0 Å². The first-order valence-electron chi connectivity index (χ1n) is 11.6. The van der Waals surface area contributed by atoms with Crippen LogP contribution in [0.4, 0.5) is 8.78 Å². The lowest BCUT2D eigenvalue weighted by Gasteiger charge is -2.23. The minimum Gasteiger partial charge on any atom is -0.491 e. The average molecular weight is 417 g/mol. The van der Waals surface area contributed by atoms with E-state index in [9.17, 15) is 4.39 Å².